The van der Waals surface area contributed by atoms with Crippen LogP contribution in [0.2, 0.25) is 5.02 Å². The smallest absolute Gasteiger partial charge is 0.310 e. The molecule has 0 atom stereocenters. The summed E-state index contributed by atoms with van der Waals surface area (Å²) in [6.45, 7) is 1.05. The third-order valence-electron chi connectivity index (χ3n) is 3.65. The molecule has 2 aromatic carbocycles. The lowest BCUT2D eigenvalue weighted by Gasteiger charge is -2.10. The largest absolute Gasteiger partial charge is 0.496 e. The van der Waals surface area contributed by atoms with E-state index < -0.39 is 23.4 Å². The molecule has 0 spiro atoms. The van der Waals surface area contributed by atoms with Crippen molar-refractivity contribution < 1.29 is 24.0 Å². The maximum absolute atomic E-state index is 12.0. The zero-order valence-electron chi connectivity index (χ0n) is 14.7. The number of nitro groups is 1. The van der Waals surface area contributed by atoms with Gasteiger partial charge >= 0.3 is 5.97 Å². The normalized spacial score (nSPS) is 10.2. The summed E-state index contributed by atoms with van der Waals surface area (Å²) in [6.07, 6.45) is -0.137. The Bertz CT molecular complexity index is 884. The average Bonchev–Trinajstić information content (AvgIpc) is 2.61. The molecule has 0 aromatic heterocycles. The van der Waals surface area contributed by atoms with Gasteiger partial charge in [0.1, 0.15) is 11.4 Å². The molecule has 0 saturated carbocycles. The zero-order chi connectivity index (χ0) is 20.0. The second-order valence-electron chi connectivity index (χ2n) is 5.57. The number of halogens is 1. The number of hydrogen-bond acceptors (Lipinski definition) is 6. The number of anilines is 1. The number of methoxy groups -OCH3 is 1. The molecule has 1 N–H and O–H groups in total. The van der Waals surface area contributed by atoms with Gasteiger partial charge in [-0.15, -0.1) is 0 Å². The molecule has 2 aromatic rings. The van der Waals surface area contributed by atoms with Crippen LogP contribution in [0, 0.1) is 17.0 Å². The van der Waals surface area contributed by atoms with Crippen LogP contribution in [-0.2, 0) is 20.7 Å². The van der Waals surface area contributed by atoms with Crippen LogP contribution in [0.3, 0.4) is 0 Å². The van der Waals surface area contributed by atoms with E-state index in [0.29, 0.717) is 21.9 Å². The minimum atomic E-state index is -0.682. The molecule has 0 aliphatic heterocycles. The lowest BCUT2D eigenvalue weighted by molar-refractivity contribution is -0.384. The fourth-order valence-corrected chi connectivity index (χ4v) is 2.58. The van der Waals surface area contributed by atoms with Crippen LogP contribution in [0.25, 0.3) is 0 Å². The molecular formula is C18H17ClN2O6. The summed E-state index contributed by atoms with van der Waals surface area (Å²) in [6, 6.07) is 9.23. The van der Waals surface area contributed by atoms with E-state index in [4.69, 9.17) is 21.1 Å². The van der Waals surface area contributed by atoms with Crippen LogP contribution in [0.4, 0.5) is 11.4 Å². The maximum atomic E-state index is 12.0. The number of aryl methyl sites for hydroxylation is 1. The highest BCUT2D eigenvalue weighted by atomic mass is 35.5. The van der Waals surface area contributed by atoms with Crippen LogP contribution in [0.1, 0.15) is 11.1 Å². The molecule has 0 fully saturated rings. The lowest BCUT2D eigenvalue weighted by Crippen LogP contribution is -2.22. The Morgan fingerprint density at radius 1 is 1.26 bits per heavy atom. The zero-order valence-corrected chi connectivity index (χ0v) is 15.4. The number of benzene rings is 2. The Morgan fingerprint density at radius 2 is 2.00 bits per heavy atom. The molecule has 8 nitrogen and oxygen atoms in total. The van der Waals surface area contributed by atoms with Crippen LogP contribution in [-0.4, -0.2) is 30.5 Å². The first-order valence-electron chi connectivity index (χ1n) is 7.83. The predicted octanol–water partition coefficient (Wildman–Crippen LogP) is 3.29. The lowest BCUT2D eigenvalue weighted by atomic mass is 10.1. The van der Waals surface area contributed by atoms with Crippen molar-refractivity contribution in [2.45, 2.75) is 13.3 Å². The van der Waals surface area contributed by atoms with Gasteiger partial charge in [-0.2, -0.15) is 0 Å². The van der Waals surface area contributed by atoms with Gasteiger partial charge in [-0.3, -0.25) is 19.7 Å². The number of nitrogens with zero attached hydrogens (tertiary/aromatic N) is 1. The molecular weight excluding hydrogens is 376 g/mol. The fourth-order valence-electron chi connectivity index (χ4n) is 2.38. The molecule has 142 valence electrons. The molecule has 1 amide bonds. The highest BCUT2D eigenvalue weighted by Crippen LogP contribution is 2.27. The number of nitrogens with one attached hydrogen (secondary N) is 1. The molecule has 9 heteroatoms. The molecule has 0 unspecified atom stereocenters. The van der Waals surface area contributed by atoms with Gasteiger partial charge in [-0.25, -0.2) is 0 Å². The summed E-state index contributed by atoms with van der Waals surface area (Å²) in [5.74, 6) is -0.875. The van der Waals surface area contributed by atoms with Gasteiger partial charge < -0.3 is 14.8 Å². The quantitative estimate of drug-likeness (QED) is 0.440. The highest BCUT2D eigenvalue weighted by Gasteiger charge is 2.19. The fraction of sp³-hybridized carbons (Fsp3) is 0.222. The Hall–Kier alpha value is -3.13. The number of ether oxygens (including phenoxy) is 2. The number of carbonyl (C=O) groups excluding carboxylic acids is 2. The van der Waals surface area contributed by atoms with E-state index in [0.717, 1.165) is 0 Å². The van der Waals surface area contributed by atoms with Gasteiger partial charge in [0.25, 0.3) is 11.6 Å². The summed E-state index contributed by atoms with van der Waals surface area (Å²) in [5, 5.41) is 13.9. The second-order valence-corrected chi connectivity index (χ2v) is 6.00. The molecule has 0 heterocycles. The molecule has 0 aliphatic carbocycles. The summed E-state index contributed by atoms with van der Waals surface area (Å²) >= 11 is 5.90. The average molecular weight is 393 g/mol. The van der Waals surface area contributed by atoms with Crippen molar-refractivity contribution >= 4 is 34.9 Å². The Labute approximate surface area is 160 Å². The van der Waals surface area contributed by atoms with Gasteiger partial charge in [0, 0.05) is 16.7 Å². The van der Waals surface area contributed by atoms with E-state index >= 15 is 0 Å². The van der Waals surface area contributed by atoms with Crippen molar-refractivity contribution in [1.82, 2.24) is 0 Å². The van der Waals surface area contributed by atoms with E-state index in [1.165, 1.54) is 19.2 Å². The standard InChI is InChI=1S/C18H17ClN2O6/c1-11-4-3-5-14(21(24)25)18(11)20-16(22)10-27-17(23)9-12-8-13(19)6-7-15(12)26-2/h3-8H,9-10H2,1-2H3,(H,20,22). The Morgan fingerprint density at radius 3 is 2.67 bits per heavy atom. The molecule has 0 radical (unpaired) electrons. The number of carbonyl (C=O) groups is 2. The summed E-state index contributed by atoms with van der Waals surface area (Å²) in [7, 11) is 1.46. The molecule has 27 heavy (non-hydrogen) atoms. The number of para-hydroxylation sites is 1. The summed E-state index contributed by atoms with van der Waals surface area (Å²) < 4.78 is 10.1. The maximum Gasteiger partial charge on any atom is 0.310 e. The first-order valence-corrected chi connectivity index (χ1v) is 8.21. The first kappa shape index (κ1) is 20.2. The number of esters is 1. The first-order chi connectivity index (χ1) is 12.8. The van der Waals surface area contributed by atoms with Crippen molar-refractivity contribution in [3.05, 3.63) is 62.7 Å². The van der Waals surface area contributed by atoms with Gasteiger partial charge in [-0.1, -0.05) is 23.7 Å². The van der Waals surface area contributed by atoms with Crippen molar-refractivity contribution in [2.24, 2.45) is 0 Å². The number of nitro benzene ring substituents is 1. The van der Waals surface area contributed by atoms with Gasteiger partial charge in [0.2, 0.25) is 0 Å². The number of hydrogen-bond donors (Lipinski definition) is 1. The van der Waals surface area contributed by atoms with E-state index in [1.807, 2.05) is 0 Å². The van der Waals surface area contributed by atoms with Gasteiger partial charge in [0.15, 0.2) is 6.61 Å². The minimum Gasteiger partial charge on any atom is -0.496 e. The Balaban J connectivity index is 1.98. The van der Waals surface area contributed by atoms with Crippen molar-refractivity contribution in [2.75, 3.05) is 19.0 Å². The predicted molar refractivity (Wildman–Crippen MR) is 99.1 cm³/mol. The van der Waals surface area contributed by atoms with Crippen LogP contribution < -0.4 is 10.1 Å². The third kappa shape index (κ3) is 5.42. The van der Waals surface area contributed by atoms with E-state index in [2.05, 4.69) is 5.32 Å². The van der Waals surface area contributed by atoms with Crippen molar-refractivity contribution in [3.8, 4) is 5.75 Å². The van der Waals surface area contributed by atoms with E-state index in [-0.39, 0.29) is 17.8 Å². The molecule has 2 rings (SSSR count). The highest BCUT2D eigenvalue weighted by molar-refractivity contribution is 6.30. The summed E-state index contributed by atoms with van der Waals surface area (Å²) in [4.78, 5) is 34.5. The second kappa shape index (κ2) is 9.00. The van der Waals surface area contributed by atoms with Crippen molar-refractivity contribution in [1.29, 1.82) is 0 Å². The van der Waals surface area contributed by atoms with E-state index in [9.17, 15) is 19.7 Å². The van der Waals surface area contributed by atoms with Crippen LogP contribution >= 0.6 is 11.6 Å². The van der Waals surface area contributed by atoms with Crippen LogP contribution in [0.5, 0.6) is 5.75 Å². The Kier molecular flexibility index (Phi) is 6.73. The summed E-state index contributed by atoms with van der Waals surface area (Å²) in [5.41, 5.74) is 0.871. The molecule has 0 bridgehead atoms. The van der Waals surface area contributed by atoms with E-state index in [1.54, 1.807) is 31.2 Å². The van der Waals surface area contributed by atoms with Gasteiger partial charge in [-0.05, 0) is 30.7 Å². The van der Waals surface area contributed by atoms with Gasteiger partial charge in [0.05, 0.1) is 18.5 Å². The minimum absolute atomic E-state index is 0.0695. The van der Waals surface area contributed by atoms with Crippen LogP contribution in [0.15, 0.2) is 36.4 Å². The van der Waals surface area contributed by atoms with Crippen molar-refractivity contribution in [3.63, 3.8) is 0 Å². The molecule has 0 aliphatic rings. The number of amides is 1. The SMILES string of the molecule is COc1ccc(Cl)cc1CC(=O)OCC(=O)Nc1c(C)cccc1[N+](=O)[O-]. The monoisotopic (exact) mass is 392 g/mol. The molecule has 0 saturated heterocycles. The third-order valence-corrected chi connectivity index (χ3v) is 3.89. The topological polar surface area (TPSA) is 108 Å². The number of rotatable bonds is 7.